The summed E-state index contributed by atoms with van der Waals surface area (Å²) in [6.07, 6.45) is -2.33. The number of hydrogen-bond donors (Lipinski definition) is 3. The SMILES string of the molecule is COc1ncnc2c1c(F)cn2[C@@H]1O[C@H](CO)[C@@H](O)[C@H]1O. The van der Waals surface area contributed by atoms with Crippen LogP contribution in [0.3, 0.4) is 0 Å². The van der Waals surface area contributed by atoms with Crippen molar-refractivity contribution in [2.45, 2.75) is 24.5 Å². The molecule has 3 N–H and O–H groups in total. The van der Waals surface area contributed by atoms with Gasteiger partial charge in [0.2, 0.25) is 5.88 Å². The van der Waals surface area contributed by atoms with Gasteiger partial charge in [0, 0.05) is 6.20 Å². The molecule has 2 aromatic heterocycles. The summed E-state index contributed by atoms with van der Waals surface area (Å²) in [6.45, 7) is -0.464. The van der Waals surface area contributed by atoms with Crippen LogP contribution >= 0.6 is 0 Å². The van der Waals surface area contributed by atoms with E-state index in [1.54, 1.807) is 0 Å². The number of rotatable bonds is 3. The Morgan fingerprint density at radius 2 is 2.14 bits per heavy atom. The molecule has 0 saturated carbocycles. The summed E-state index contributed by atoms with van der Waals surface area (Å²) >= 11 is 0. The smallest absolute Gasteiger partial charge is 0.228 e. The van der Waals surface area contributed by atoms with Gasteiger partial charge < -0.3 is 29.4 Å². The molecule has 1 saturated heterocycles. The van der Waals surface area contributed by atoms with Crippen LogP contribution in [0.1, 0.15) is 6.23 Å². The molecule has 9 heteroatoms. The number of aliphatic hydroxyl groups excluding tert-OH is 3. The number of nitrogens with zero attached hydrogens (tertiary/aromatic N) is 3. The van der Waals surface area contributed by atoms with Crippen LogP contribution in [0.15, 0.2) is 12.5 Å². The van der Waals surface area contributed by atoms with Crippen molar-refractivity contribution in [1.29, 1.82) is 0 Å². The molecule has 0 amide bonds. The summed E-state index contributed by atoms with van der Waals surface area (Å²) in [5.41, 5.74) is 0.161. The average Bonchev–Trinajstić information content (AvgIpc) is 2.98. The van der Waals surface area contributed by atoms with Crippen LogP contribution in [-0.4, -0.2) is 61.9 Å². The van der Waals surface area contributed by atoms with Crippen molar-refractivity contribution in [2.75, 3.05) is 13.7 Å². The highest BCUT2D eigenvalue weighted by atomic mass is 19.1. The van der Waals surface area contributed by atoms with Gasteiger partial charge in [-0.2, -0.15) is 0 Å². The predicted molar refractivity (Wildman–Crippen MR) is 67.0 cm³/mol. The van der Waals surface area contributed by atoms with Crippen molar-refractivity contribution in [2.24, 2.45) is 0 Å². The lowest BCUT2D eigenvalue weighted by Gasteiger charge is -2.17. The maximum Gasteiger partial charge on any atom is 0.228 e. The Labute approximate surface area is 118 Å². The lowest BCUT2D eigenvalue weighted by Crippen LogP contribution is -2.33. The van der Waals surface area contributed by atoms with E-state index in [1.165, 1.54) is 18.0 Å². The summed E-state index contributed by atoms with van der Waals surface area (Å²) < 4.78 is 25.7. The lowest BCUT2D eigenvalue weighted by atomic mass is 10.1. The third-order valence-electron chi connectivity index (χ3n) is 3.51. The second kappa shape index (κ2) is 5.19. The van der Waals surface area contributed by atoms with E-state index in [0.29, 0.717) is 0 Å². The molecule has 0 aromatic carbocycles. The fourth-order valence-electron chi connectivity index (χ4n) is 2.47. The number of ether oxygens (including phenoxy) is 2. The Hall–Kier alpha value is -1.81. The molecule has 1 aliphatic heterocycles. The van der Waals surface area contributed by atoms with Gasteiger partial charge in [-0.3, -0.25) is 0 Å². The van der Waals surface area contributed by atoms with E-state index in [0.717, 1.165) is 6.20 Å². The molecule has 8 nitrogen and oxygen atoms in total. The van der Waals surface area contributed by atoms with Gasteiger partial charge in [-0.1, -0.05) is 0 Å². The maximum absolute atomic E-state index is 14.1. The quantitative estimate of drug-likeness (QED) is 0.680. The summed E-state index contributed by atoms with van der Waals surface area (Å²) in [7, 11) is 1.35. The highest BCUT2D eigenvalue weighted by Crippen LogP contribution is 2.34. The van der Waals surface area contributed by atoms with Crippen LogP contribution in [0.4, 0.5) is 4.39 Å². The molecular formula is C12H14FN3O5. The Morgan fingerprint density at radius 3 is 2.76 bits per heavy atom. The van der Waals surface area contributed by atoms with E-state index in [-0.39, 0.29) is 16.9 Å². The first-order chi connectivity index (χ1) is 10.1. The second-order valence-corrected chi connectivity index (χ2v) is 4.69. The topological polar surface area (TPSA) is 110 Å². The van der Waals surface area contributed by atoms with Crippen molar-refractivity contribution in [3.05, 3.63) is 18.3 Å². The van der Waals surface area contributed by atoms with Gasteiger partial charge in [0.25, 0.3) is 0 Å². The minimum atomic E-state index is -1.32. The minimum Gasteiger partial charge on any atom is -0.480 e. The average molecular weight is 299 g/mol. The van der Waals surface area contributed by atoms with Crippen LogP contribution in [0.25, 0.3) is 11.0 Å². The zero-order valence-electron chi connectivity index (χ0n) is 11.0. The molecule has 0 radical (unpaired) electrons. The number of aromatic nitrogens is 3. The third kappa shape index (κ3) is 2.05. The summed E-state index contributed by atoms with van der Waals surface area (Å²) in [5, 5.41) is 28.9. The number of aliphatic hydroxyl groups is 3. The van der Waals surface area contributed by atoms with E-state index in [4.69, 9.17) is 14.6 Å². The van der Waals surface area contributed by atoms with Gasteiger partial charge in [0.05, 0.1) is 13.7 Å². The Morgan fingerprint density at radius 1 is 1.38 bits per heavy atom. The van der Waals surface area contributed by atoms with Crippen LogP contribution in [-0.2, 0) is 4.74 Å². The molecule has 1 aliphatic rings. The molecule has 0 bridgehead atoms. The van der Waals surface area contributed by atoms with Crippen molar-refractivity contribution >= 4 is 11.0 Å². The summed E-state index contributed by atoms with van der Waals surface area (Å²) in [5.74, 6) is -0.580. The van der Waals surface area contributed by atoms with E-state index >= 15 is 0 Å². The van der Waals surface area contributed by atoms with Gasteiger partial charge in [-0.25, -0.2) is 14.4 Å². The first-order valence-electron chi connectivity index (χ1n) is 6.26. The summed E-state index contributed by atoms with van der Waals surface area (Å²) in [4.78, 5) is 7.77. The van der Waals surface area contributed by atoms with E-state index in [9.17, 15) is 14.6 Å². The molecule has 4 atom stereocenters. The van der Waals surface area contributed by atoms with Gasteiger partial charge in [-0.15, -0.1) is 0 Å². The number of methoxy groups -OCH3 is 1. The van der Waals surface area contributed by atoms with Crippen LogP contribution in [0.5, 0.6) is 5.88 Å². The first-order valence-corrected chi connectivity index (χ1v) is 6.26. The van der Waals surface area contributed by atoms with Crippen molar-refractivity contribution in [3.63, 3.8) is 0 Å². The fraction of sp³-hybridized carbons (Fsp3) is 0.500. The van der Waals surface area contributed by atoms with E-state index in [1.807, 2.05) is 0 Å². The van der Waals surface area contributed by atoms with Crippen LogP contribution in [0.2, 0.25) is 0 Å². The standard InChI is InChI=1S/C12H14FN3O5/c1-20-11-7-5(13)2-16(10(7)14-4-15-11)12-9(19)8(18)6(3-17)21-12/h2,4,6,8-9,12,17-19H,3H2,1H3/t6-,8-,9-,12-/m1/s1. The van der Waals surface area contributed by atoms with Crippen LogP contribution < -0.4 is 4.74 Å². The predicted octanol–water partition coefficient (Wildman–Crippen LogP) is -0.810. The zero-order chi connectivity index (χ0) is 15.1. The van der Waals surface area contributed by atoms with Gasteiger partial charge >= 0.3 is 0 Å². The zero-order valence-corrected chi connectivity index (χ0v) is 11.0. The Balaban J connectivity index is 2.10. The number of hydrogen-bond acceptors (Lipinski definition) is 7. The molecule has 0 unspecified atom stereocenters. The summed E-state index contributed by atoms with van der Waals surface area (Å²) in [6, 6.07) is 0. The Bertz CT molecular complexity index is 664. The highest BCUT2D eigenvalue weighted by Gasteiger charge is 2.44. The first kappa shape index (κ1) is 14.1. The minimum absolute atomic E-state index is 0.0535. The van der Waals surface area contributed by atoms with Gasteiger partial charge in [0.1, 0.15) is 30.0 Å². The van der Waals surface area contributed by atoms with Crippen molar-refractivity contribution < 1.29 is 29.2 Å². The Kier molecular flexibility index (Phi) is 3.49. The number of fused-ring (bicyclic) bond motifs is 1. The molecule has 3 rings (SSSR count). The molecular weight excluding hydrogens is 285 g/mol. The molecule has 0 aliphatic carbocycles. The fourth-order valence-corrected chi connectivity index (χ4v) is 2.47. The largest absolute Gasteiger partial charge is 0.480 e. The lowest BCUT2D eigenvalue weighted by molar-refractivity contribution is -0.0510. The molecule has 1 fully saturated rings. The van der Waals surface area contributed by atoms with Crippen molar-refractivity contribution in [1.82, 2.24) is 14.5 Å². The van der Waals surface area contributed by atoms with Crippen molar-refractivity contribution in [3.8, 4) is 5.88 Å². The maximum atomic E-state index is 14.1. The highest BCUT2D eigenvalue weighted by molar-refractivity contribution is 5.82. The van der Waals surface area contributed by atoms with Gasteiger partial charge in [0.15, 0.2) is 17.7 Å². The third-order valence-corrected chi connectivity index (χ3v) is 3.51. The number of halogens is 1. The molecule has 114 valence electrons. The second-order valence-electron chi connectivity index (χ2n) is 4.69. The molecule has 3 heterocycles. The van der Waals surface area contributed by atoms with Crippen LogP contribution in [0, 0.1) is 5.82 Å². The normalized spacial score (nSPS) is 29.2. The van der Waals surface area contributed by atoms with E-state index in [2.05, 4.69) is 9.97 Å². The molecule has 2 aromatic rings. The monoisotopic (exact) mass is 299 g/mol. The molecule has 0 spiro atoms. The molecule has 21 heavy (non-hydrogen) atoms. The van der Waals surface area contributed by atoms with Gasteiger partial charge in [-0.05, 0) is 0 Å². The van der Waals surface area contributed by atoms with E-state index < -0.39 is 37.0 Å².